The number of sulfonamides is 3. The average molecular weight is 2250 g/mol. The summed E-state index contributed by atoms with van der Waals surface area (Å²) in [7, 11) is -12.6. The van der Waals surface area contributed by atoms with Crippen molar-refractivity contribution in [3.05, 3.63) is 450 Å². The van der Waals surface area contributed by atoms with E-state index in [1.54, 1.807) is 136 Å². The Hall–Kier alpha value is -12.7. The molecule has 16 aromatic rings. The number of nitrogens with one attached hydrogen (secondary N) is 1. The Balaban J connectivity index is 0.000000177. The van der Waals surface area contributed by atoms with Crippen LogP contribution in [0.4, 0.5) is 40.3 Å². The first-order chi connectivity index (χ1) is 69.6. The maximum absolute atomic E-state index is 15.4. The summed E-state index contributed by atoms with van der Waals surface area (Å²) < 4.78 is 179. The Morgan fingerprint density at radius 1 is 0.301 bits per heavy atom. The molecule has 16 rings (SSSR count). The number of carbonyl (C=O) groups is 3. The Labute approximate surface area is 892 Å². The van der Waals surface area contributed by atoms with Gasteiger partial charge >= 0.3 is 11.9 Å². The number of phenols is 2. The van der Waals surface area contributed by atoms with Crippen molar-refractivity contribution in [2.45, 2.75) is 85.8 Å². The summed E-state index contributed by atoms with van der Waals surface area (Å²) in [6.45, 7) is 4.86. The summed E-state index contributed by atoms with van der Waals surface area (Å²) in [5.74, 6) is -5.82. The molecule has 0 aliphatic rings. The number of benzene rings is 16. The lowest BCUT2D eigenvalue weighted by atomic mass is 10.0. The monoisotopic (exact) mass is 2240 g/mol. The van der Waals surface area contributed by atoms with Crippen LogP contribution in [-0.4, -0.2) is 61.1 Å². The minimum Gasteiger partial charge on any atom is -0.505 e. The zero-order valence-electron chi connectivity index (χ0n) is 77.1. The molecule has 37 heteroatoms. The maximum atomic E-state index is 15.4. The van der Waals surface area contributed by atoms with Gasteiger partial charge in [-0.1, -0.05) is 380 Å². The number of rotatable bonds is 28. The second-order valence-corrected chi connectivity index (χ2v) is 43.0. The minimum absolute atomic E-state index is 0.0121. The molecule has 0 unspecified atom stereocenters. The number of anilines is 4. The van der Waals surface area contributed by atoms with Gasteiger partial charge in [-0.15, -0.1) is 0 Å². The first-order valence-corrected chi connectivity index (χ1v) is 53.9. The van der Waals surface area contributed by atoms with E-state index in [4.69, 9.17) is 125 Å². The van der Waals surface area contributed by atoms with Gasteiger partial charge in [0.05, 0.1) is 62.5 Å². The van der Waals surface area contributed by atoms with Crippen LogP contribution >= 0.6 is 115 Å². The number of aromatic hydroxyl groups is 2. The Morgan fingerprint density at radius 3 is 0.836 bits per heavy atom. The standard InChI is InChI=1S/2C28H22Cl2FNO4S.C25H18Cl2FNO3S.C19H16FN.C6H3Cl3O3S.C3H5ClO/c2*1-2-27(33)36-28-23(30)16-22(29)17-26(28)37(34,35)32(18-19-9-5-3-6-10-19)25-15-21(13-14-24(25)31)20-11-7-4-8-12-20;26-20-14-21(27)25(30)24(15-20)33(31,32)29(16-17-7-3-1-4-8-17)23-13-19(11-12-22(23)28)18-9-5-2-6-10-18;20-18-12-11-17(16-9-5-2-6-10-16)13-19(18)21-14-15-7-3-1-4-8-15;7-3-1-4(8)6(10)5(2-3)13(9,11)12;1-2-3(4)5/h2*3-17H,2,18H2,1H3;1-15,30H,16H2;1-13,21H,14H2;1-2,10H;2H2,1H3. The second-order valence-electron chi connectivity index (χ2n) is 31.2. The summed E-state index contributed by atoms with van der Waals surface area (Å²) in [6.07, 6.45) is 0.404. The molecule has 0 heterocycles. The normalized spacial score (nSPS) is 11.0. The van der Waals surface area contributed by atoms with E-state index in [0.29, 0.717) is 52.0 Å². The number of phenolic OH excluding ortho intramolecular Hbond substituents is 2. The Morgan fingerprint density at radius 2 is 0.548 bits per heavy atom. The molecule has 0 aromatic heterocycles. The van der Waals surface area contributed by atoms with Crippen LogP contribution < -0.4 is 27.7 Å². The van der Waals surface area contributed by atoms with Gasteiger partial charge in [0.1, 0.15) is 42.9 Å². The highest BCUT2D eigenvalue weighted by Gasteiger charge is 2.37. The number of halogens is 14. The predicted octanol–water partition coefficient (Wildman–Crippen LogP) is 30.8. The van der Waals surface area contributed by atoms with Crippen LogP contribution in [0.1, 0.15) is 62.3 Å². The van der Waals surface area contributed by atoms with Gasteiger partial charge < -0.3 is 25.0 Å². The van der Waals surface area contributed by atoms with E-state index in [1.165, 1.54) is 66.7 Å². The largest absolute Gasteiger partial charge is 0.505 e. The SMILES string of the molecule is CCC(=O)Cl.CCC(=O)Oc1c(Cl)cc(Cl)cc1S(=O)(=O)N(Cc1ccccc1)c1cc(-c2ccccc2)ccc1F.CCC(=O)Oc1c(Cl)cc(Cl)cc1S(=O)(=O)N(Cc1ccccc1)c1cc(-c2ccccc2)ccc1F.Fc1ccc(-c2ccccc2)cc1NCc1ccccc1.O=S(=O)(Cl)c1cc(Cl)cc(Cl)c1O.O=S(=O)(c1cc(Cl)cc(Cl)c1O)N(Cc1ccccc1)c1cc(-c2ccccc2)ccc1F. The zero-order valence-corrected chi connectivity index (χ0v) is 87.9. The first kappa shape index (κ1) is 114. The van der Waals surface area contributed by atoms with E-state index >= 15 is 13.2 Å². The molecular formula is C109H86Cl10F4N4O15S4. The van der Waals surface area contributed by atoms with Gasteiger partial charge in [0.2, 0.25) is 5.24 Å². The summed E-state index contributed by atoms with van der Waals surface area (Å²) in [5.41, 5.74) is 9.27. The fourth-order valence-corrected chi connectivity index (χ4v) is 22.1. The molecule has 3 N–H and O–H groups in total. The molecule has 16 aromatic carbocycles. The first-order valence-electron chi connectivity index (χ1n) is 43.9. The summed E-state index contributed by atoms with van der Waals surface area (Å²) in [6, 6.07) is 101. The highest BCUT2D eigenvalue weighted by Crippen LogP contribution is 2.46. The third kappa shape index (κ3) is 31.0. The summed E-state index contributed by atoms with van der Waals surface area (Å²) >= 11 is 52.7. The number of hydrogen-bond donors (Lipinski definition) is 3. The fraction of sp³-hybridized carbons (Fsp3) is 0.0917. The van der Waals surface area contributed by atoms with Crippen LogP contribution in [0, 0.1) is 23.3 Å². The number of carbonyl (C=O) groups excluding carboxylic acids is 3. The van der Waals surface area contributed by atoms with Gasteiger partial charge in [-0.05, 0) is 175 Å². The van der Waals surface area contributed by atoms with Crippen molar-refractivity contribution >= 4 is 194 Å². The van der Waals surface area contributed by atoms with E-state index in [9.17, 15) is 62.7 Å². The molecule has 0 fully saturated rings. The number of esters is 2. The molecule has 754 valence electrons. The van der Waals surface area contributed by atoms with Crippen LogP contribution in [0.2, 0.25) is 40.2 Å². The molecule has 19 nitrogen and oxygen atoms in total. The van der Waals surface area contributed by atoms with Crippen molar-refractivity contribution in [1.29, 1.82) is 0 Å². The number of ether oxygens (including phenoxy) is 2. The molecule has 0 amide bonds. The van der Waals surface area contributed by atoms with Crippen molar-refractivity contribution in [3.8, 4) is 67.5 Å². The molecule has 0 atom stereocenters. The number of nitrogens with zero attached hydrogens (tertiary/aromatic N) is 3. The van der Waals surface area contributed by atoms with Crippen LogP contribution in [0.25, 0.3) is 44.5 Å². The fourth-order valence-electron chi connectivity index (χ4n) is 13.8. The van der Waals surface area contributed by atoms with Gasteiger partial charge in [0, 0.05) is 56.6 Å². The van der Waals surface area contributed by atoms with E-state index in [1.807, 2.05) is 158 Å². The van der Waals surface area contributed by atoms with Crippen LogP contribution in [0.15, 0.2) is 384 Å². The van der Waals surface area contributed by atoms with Crippen molar-refractivity contribution in [1.82, 2.24) is 0 Å². The molecular weight excluding hydrogens is 2160 g/mol. The van der Waals surface area contributed by atoms with E-state index in [2.05, 4.69) is 5.32 Å². The topological polar surface area (TPSA) is 268 Å². The average Bonchev–Trinajstić information content (AvgIpc) is 0.755. The van der Waals surface area contributed by atoms with Crippen molar-refractivity contribution < 1.29 is 85.3 Å². The molecule has 0 aliphatic carbocycles. The van der Waals surface area contributed by atoms with Gasteiger partial charge in [-0.3, -0.25) is 27.3 Å². The minimum atomic E-state index is -4.56. The third-order valence-corrected chi connectivity index (χ3v) is 30.0. The lowest BCUT2D eigenvalue weighted by Gasteiger charge is -2.27. The summed E-state index contributed by atoms with van der Waals surface area (Å²) in [5, 5.41) is 22.0. The van der Waals surface area contributed by atoms with E-state index in [0.717, 1.165) is 70.6 Å². The van der Waals surface area contributed by atoms with E-state index in [-0.39, 0.29) is 112 Å². The molecule has 0 radical (unpaired) electrons. The van der Waals surface area contributed by atoms with Crippen LogP contribution in [0.3, 0.4) is 0 Å². The van der Waals surface area contributed by atoms with Crippen molar-refractivity contribution in [2.75, 3.05) is 18.2 Å². The third-order valence-electron chi connectivity index (χ3n) is 21.1. The van der Waals surface area contributed by atoms with Crippen molar-refractivity contribution in [2.24, 2.45) is 0 Å². The molecule has 0 saturated carbocycles. The second kappa shape index (κ2) is 53.1. The lowest BCUT2D eigenvalue weighted by molar-refractivity contribution is -0.135. The molecule has 0 aliphatic heterocycles. The van der Waals surface area contributed by atoms with Crippen molar-refractivity contribution in [3.63, 3.8) is 0 Å². The lowest BCUT2D eigenvalue weighted by Crippen LogP contribution is -2.32. The van der Waals surface area contributed by atoms with E-state index < -0.39 is 99.6 Å². The Kier molecular flexibility index (Phi) is 41.3. The molecule has 0 spiro atoms. The van der Waals surface area contributed by atoms with Gasteiger partial charge in [0.25, 0.3) is 39.1 Å². The molecule has 0 saturated heterocycles. The van der Waals surface area contributed by atoms with Gasteiger partial charge in [0.15, 0.2) is 23.0 Å². The Bertz CT molecular complexity index is 7540. The highest BCUT2D eigenvalue weighted by atomic mass is 35.7. The van der Waals surface area contributed by atoms with Crippen LogP contribution in [-0.2, 0) is 79.7 Å². The molecule has 0 bridgehead atoms. The van der Waals surface area contributed by atoms with Crippen LogP contribution in [0.5, 0.6) is 23.0 Å². The van der Waals surface area contributed by atoms with Gasteiger partial charge in [-0.2, -0.15) is 0 Å². The number of hydrogen-bond acceptors (Lipinski definition) is 16. The maximum Gasteiger partial charge on any atom is 0.310 e. The highest BCUT2D eigenvalue weighted by molar-refractivity contribution is 8.13. The molecule has 146 heavy (non-hydrogen) atoms. The van der Waals surface area contributed by atoms with Gasteiger partial charge in [-0.25, -0.2) is 51.2 Å². The summed E-state index contributed by atoms with van der Waals surface area (Å²) in [4.78, 5) is 31.9. The smallest absolute Gasteiger partial charge is 0.310 e. The quantitative estimate of drug-likeness (QED) is 0.0178. The zero-order chi connectivity index (χ0) is 106. The predicted molar refractivity (Wildman–Crippen MR) is 576 cm³/mol.